The van der Waals surface area contributed by atoms with Crippen molar-refractivity contribution >= 4 is 33.2 Å². The number of hydrogen-bond acceptors (Lipinski definition) is 3. The molecule has 0 aliphatic carbocycles. The van der Waals surface area contributed by atoms with Crippen LogP contribution in [-0.2, 0) is 6.54 Å². The van der Waals surface area contributed by atoms with Crippen LogP contribution < -0.4 is 14.8 Å². The first-order valence-corrected chi connectivity index (χ1v) is 7.07. The molecule has 0 radical (unpaired) electrons. The molecule has 1 aliphatic heterocycles. The first-order valence-electron chi connectivity index (χ1n) is 5.90. The molecule has 104 valence electrons. The van der Waals surface area contributed by atoms with Gasteiger partial charge in [0, 0.05) is 11.0 Å². The molecule has 1 aliphatic rings. The highest BCUT2D eigenvalue weighted by Gasteiger charge is 2.16. The predicted molar refractivity (Wildman–Crippen MR) is 79.0 cm³/mol. The number of rotatable bonds is 3. The summed E-state index contributed by atoms with van der Waals surface area (Å²) in [5.74, 6) is 1.08. The normalized spacial score (nSPS) is 12.6. The average molecular weight is 359 g/mol. The lowest BCUT2D eigenvalue weighted by atomic mass is 10.2. The van der Waals surface area contributed by atoms with Crippen molar-refractivity contribution in [3.63, 3.8) is 0 Å². The molecule has 0 unspecified atom stereocenters. The van der Waals surface area contributed by atoms with Gasteiger partial charge in [-0.2, -0.15) is 0 Å². The molecule has 0 saturated heterocycles. The van der Waals surface area contributed by atoms with E-state index in [0.717, 1.165) is 10.0 Å². The monoisotopic (exact) mass is 357 g/mol. The number of hydrogen-bond donors (Lipinski definition) is 1. The minimum atomic E-state index is -0.332. The minimum absolute atomic E-state index is 0.231. The van der Waals surface area contributed by atoms with Crippen molar-refractivity contribution in [3.05, 3.63) is 51.2 Å². The van der Waals surface area contributed by atoms with Gasteiger partial charge in [-0.1, -0.05) is 27.5 Å². The van der Waals surface area contributed by atoms with Gasteiger partial charge in [0.25, 0.3) is 0 Å². The topological polar surface area (TPSA) is 30.5 Å². The lowest BCUT2D eigenvalue weighted by Crippen LogP contribution is -2.01. The van der Waals surface area contributed by atoms with E-state index in [9.17, 15) is 4.39 Å². The van der Waals surface area contributed by atoms with Gasteiger partial charge in [0.15, 0.2) is 11.5 Å². The maximum absolute atomic E-state index is 13.2. The van der Waals surface area contributed by atoms with Gasteiger partial charge in [-0.25, -0.2) is 4.39 Å². The van der Waals surface area contributed by atoms with Gasteiger partial charge in [-0.3, -0.25) is 0 Å². The number of ether oxygens (including phenoxy) is 2. The predicted octanol–water partition coefficient (Wildman–Crippen LogP) is 4.58. The van der Waals surface area contributed by atoms with Crippen molar-refractivity contribution in [2.75, 3.05) is 12.1 Å². The third-order valence-electron chi connectivity index (χ3n) is 2.94. The Morgan fingerprint density at radius 3 is 2.75 bits per heavy atom. The van der Waals surface area contributed by atoms with Crippen molar-refractivity contribution in [3.8, 4) is 11.5 Å². The summed E-state index contributed by atoms with van der Waals surface area (Å²) in [6.45, 7) is 0.717. The Kier molecular flexibility index (Phi) is 3.72. The summed E-state index contributed by atoms with van der Waals surface area (Å²) < 4.78 is 24.7. The van der Waals surface area contributed by atoms with Crippen LogP contribution in [0.15, 0.2) is 34.8 Å². The molecule has 0 saturated carbocycles. The summed E-state index contributed by atoms with van der Waals surface area (Å²) in [5.41, 5.74) is 1.52. The summed E-state index contributed by atoms with van der Waals surface area (Å²) in [6, 6.07) is 7.94. The quantitative estimate of drug-likeness (QED) is 0.871. The smallest absolute Gasteiger partial charge is 0.231 e. The molecule has 6 heteroatoms. The molecule has 2 aromatic carbocycles. The number of anilines is 1. The molecule has 0 bridgehead atoms. The molecule has 2 aromatic rings. The average Bonchev–Trinajstić information content (AvgIpc) is 2.86. The van der Waals surface area contributed by atoms with Gasteiger partial charge in [0.05, 0.1) is 10.7 Å². The second kappa shape index (κ2) is 5.50. The first-order chi connectivity index (χ1) is 9.63. The van der Waals surface area contributed by atoms with Crippen LogP contribution in [0.4, 0.5) is 10.1 Å². The summed E-state index contributed by atoms with van der Waals surface area (Å²) >= 11 is 9.48. The molecular weight excluding hydrogens is 349 g/mol. The zero-order valence-electron chi connectivity index (χ0n) is 10.3. The van der Waals surface area contributed by atoms with Crippen LogP contribution in [0.5, 0.6) is 11.5 Å². The summed E-state index contributed by atoms with van der Waals surface area (Å²) in [5, 5.41) is 3.58. The van der Waals surface area contributed by atoms with E-state index >= 15 is 0 Å². The molecule has 20 heavy (non-hydrogen) atoms. The molecule has 0 aromatic heterocycles. The third-order valence-corrected chi connectivity index (χ3v) is 4.01. The second-order valence-corrected chi connectivity index (χ2v) is 5.54. The Morgan fingerprint density at radius 1 is 1.20 bits per heavy atom. The molecule has 0 atom stereocenters. The standard InChI is InChI=1S/C14H10BrClFNO2/c15-10-5-14-13(19-7-20-14)3-8(10)6-18-12-4-9(17)1-2-11(12)16/h1-5,18H,6-7H2. The second-order valence-electron chi connectivity index (χ2n) is 4.27. The highest BCUT2D eigenvalue weighted by molar-refractivity contribution is 9.10. The summed E-state index contributed by atoms with van der Waals surface area (Å²) in [7, 11) is 0. The van der Waals surface area contributed by atoms with E-state index < -0.39 is 0 Å². The van der Waals surface area contributed by atoms with E-state index in [1.54, 1.807) is 0 Å². The van der Waals surface area contributed by atoms with Crippen molar-refractivity contribution in [2.24, 2.45) is 0 Å². The van der Waals surface area contributed by atoms with Gasteiger partial charge in [0.1, 0.15) is 5.82 Å². The number of benzene rings is 2. The lowest BCUT2D eigenvalue weighted by Gasteiger charge is -2.11. The van der Waals surface area contributed by atoms with Gasteiger partial charge in [-0.05, 0) is 35.9 Å². The van der Waals surface area contributed by atoms with Crippen LogP contribution in [-0.4, -0.2) is 6.79 Å². The van der Waals surface area contributed by atoms with Crippen molar-refractivity contribution in [1.82, 2.24) is 0 Å². The van der Waals surface area contributed by atoms with Crippen molar-refractivity contribution in [2.45, 2.75) is 6.54 Å². The van der Waals surface area contributed by atoms with Gasteiger partial charge in [-0.15, -0.1) is 0 Å². The minimum Gasteiger partial charge on any atom is -0.454 e. The van der Waals surface area contributed by atoms with E-state index in [2.05, 4.69) is 21.2 Å². The van der Waals surface area contributed by atoms with Crippen LogP contribution in [0, 0.1) is 5.82 Å². The maximum Gasteiger partial charge on any atom is 0.231 e. The van der Waals surface area contributed by atoms with Crippen LogP contribution in [0.3, 0.4) is 0 Å². The van der Waals surface area contributed by atoms with Crippen molar-refractivity contribution in [1.29, 1.82) is 0 Å². The zero-order chi connectivity index (χ0) is 14.1. The fraction of sp³-hybridized carbons (Fsp3) is 0.143. The molecule has 3 nitrogen and oxygen atoms in total. The van der Waals surface area contributed by atoms with Crippen LogP contribution >= 0.6 is 27.5 Å². The molecule has 0 spiro atoms. The third kappa shape index (κ3) is 2.69. The van der Waals surface area contributed by atoms with Gasteiger partial charge >= 0.3 is 0 Å². The van der Waals surface area contributed by atoms with E-state index in [0.29, 0.717) is 28.8 Å². The molecule has 1 heterocycles. The van der Waals surface area contributed by atoms with E-state index in [1.165, 1.54) is 18.2 Å². The molecule has 1 N–H and O–H groups in total. The number of nitrogens with one attached hydrogen (secondary N) is 1. The highest BCUT2D eigenvalue weighted by atomic mass is 79.9. The van der Waals surface area contributed by atoms with E-state index in [1.807, 2.05) is 12.1 Å². The Morgan fingerprint density at radius 2 is 1.95 bits per heavy atom. The van der Waals surface area contributed by atoms with Crippen LogP contribution in [0.2, 0.25) is 5.02 Å². The Labute approximate surface area is 128 Å². The SMILES string of the molecule is Fc1ccc(Cl)c(NCc2cc3c(cc2Br)OCO3)c1. The molecule has 0 amide bonds. The fourth-order valence-electron chi connectivity index (χ4n) is 1.92. The molecular formula is C14H10BrClFNO2. The van der Waals surface area contributed by atoms with E-state index in [4.69, 9.17) is 21.1 Å². The van der Waals surface area contributed by atoms with Gasteiger partial charge in [0.2, 0.25) is 6.79 Å². The van der Waals surface area contributed by atoms with Crippen LogP contribution in [0.1, 0.15) is 5.56 Å². The molecule has 0 fully saturated rings. The zero-order valence-corrected chi connectivity index (χ0v) is 12.6. The molecule has 3 rings (SSSR count). The Bertz CT molecular complexity index is 666. The number of fused-ring (bicyclic) bond motifs is 1. The maximum atomic E-state index is 13.2. The number of halogens is 3. The summed E-state index contributed by atoms with van der Waals surface area (Å²) in [4.78, 5) is 0. The van der Waals surface area contributed by atoms with Crippen molar-refractivity contribution < 1.29 is 13.9 Å². The largest absolute Gasteiger partial charge is 0.454 e. The van der Waals surface area contributed by atoms with Crippen LogP contribution in [0.25, 0.3) is 0 Å². The lowest BCUT2D eigenvalue weighted by molar-refractivity contribution is 0.174. The Hall–Kier alpha value is -1.46. The highest BCUT2D eigenvalue weighted by Crippen LogP contribution is 2.37. The van der Waals surface area contributed by atoms with E-state index in [-0.39, 0.29) is 12.6 Å². The Balaban J connectivity index is 1.80. The first kappa shape index (κ1) is 13.5. The summed E-state index contributed by atoms with van der Waals surface area (Å²) in [6.07, 6.45) is 0. The fourth-order valence-corrected chi connectivity index (χ4v) is 2.57. The van der Waals surface area contributed by atoms with Gasteiger partial charge < -0.3 is 14.8 Å².